The van der Waals surface area contributed by atoms with Crippen molar-refractivity contribution in [2.75, 3.05) is 65.2 Å². The van der Waals surface area contributed by atoms with Gasteiger partial charge >= 0.3 is 6.09 Å². The van der Waals surface area contributed by atoms with Gasteiger partial charge in [0.05, 0.1) is 6.61 Å². The van der Waals surface area contributed by atoms with Crippen LogP contribution in [0.25, 0.3) is 11.1 Å². The van der Waals surface area contributed by atoms with Gasteiger partial charge in [0.15, 0.2) is 7.20 Å². The number of aliphatic hydroxyl groups is 1. The number of nitrogens with two attached hydrogens (primary N) is 1. The monoisotopic (exact) mass is 642 g/mol. The second kappa shape index (κ2) is 20.3. The molecule has 0 radical (unpaired) electrons. The Bertz CT molecular complexity index is 1320. The summed E-state index contributed by atoms with van der Waals surface area (Å²) in [7, 11) is 1.63. The van der Waals surface area contributed by atoms with Crippen LogP contribution in [-0.4, -0.2) is 88.7 Å². The lowest BCUT2D eigenvalue weighted by Crippen LogP contribution is -2.27. The third-order valence-corrected chi connectivity index (χ3v) is 7.54. The molecule has 1 atom stereocenters. The summed E-state index contributed by atoms with van der Waals surface area (Å²) in [5.74, 6) is -0.840. The molecule has 0 spiro atoms. The Morgan fingerprint density at radius 3 is 2.46 bits per heavy atom. The lowest BCUT2D eigenvalue weighted by molar-refractivity contribution is -0.121. The number of primary amides is 1. The van der Waals surface area contributed by atoms with E-state index < -0.39 is 12.0 Å². The molecule has 0 saturated heterocycles. The first-order valence-electron chi connectivity index (χ1n) is 16.4. The molecule has 46 heavy (non-hydrogen) atoms. The van der Waals surface area contributed by atoms with Crippen LogP contribution in [0.2, 0.25) is 1.41 Å². The Hall–Kier alpha value is -3.84. The molecule has 2 aromatic carbocycles. The van der Waals surface area contributed by atoms with E-state index >= 15 is 0 Å². The van der Waals surface area contributed by atoms with Crippen LogP contribution in [0.1, 0.15) is 78.8 Å². The molecular weight excluding hydrogens is 594 g/mol. The van der Waals surface area contributed by atoms with Crippen LogP contribution >= 0.6 is 0 Å². The maximum absolute atomic E-state index is 13.3. The SMILES string of the molecule is [2H]NC(=O)OCC1c2cc(NC(=O)CCCC(=O)NCCOCCCOC)ccc2-c2c(C(=O)CCCOCCCCO)cccc21. The van der Waals surface area contributed by atoms with Gasteiger partial charge in [0.1, 0.15) is 6.61 Å². The summed E-state index contributed by atoms with van der Waals surface area (Å²) in [5.41, 5.74) is 5.99. The van der Waals surface area contributed by atoms with Crippen LogP contribution < -0.4 is 16.4 Å². The predicted octanol–water partition coefficient (Wildman–Crippen LogP) is 3.92. The first kappa shape index (κ1) is 35.0. The van der Waals surface area contributed by atoms with E-state index in [2.05, 4.69) is 10.6 Å². The first-order valence-corrected chi connectivity index (χ1v) is 15.9. The number of nitrogens with one attached hydrogen (secondary N) is 2. The summed E-state index contributed by atoms with van der Waals surface area (Å²) in [6.45, 7) is 3.05. The van der Waals surface area contributed by atoms with Crippen LogP contribution in [0.15, 0.2) is 36.4 Å². The number of ketones is 1. The molecule has 0 saturated carbocycles. The number of hydrogen-bond acceptors (Lipinski definition) is 9. The molecular formula is C34H47N3O9. The van der Waals surface area contributed by atoms with Gasteiger partial charge in [-0.15, -0.1) is 0 Å². The number of anilines is 1. The van der Waals surface area contributed by atoms with Crippen molar-refractivity contribution in [3.8, 4) is 11.1 Å². The molecule has 1 unspecified atom stereocenters. The molecule has 12 nitrogen and oxygen atoms in total. The number of carbonyl (C=O) groups is 4. The third kappa shape index (κ3) is 11.8. The van der Waals surface area contributed by atoms with Gasteiger partial charge < -0.3 is 40.4 Å². The highest BCUT2D eigenvalue weighted by molar-refractivity contribution is 6.05. The van der Waals surface area contributed by atoms with Gasteiger partial charge in [-0.25, -0.2) is 4.79 Å². The third-order valence-electron chi connectivity index (χ3n) is 7.54. The highest BCUT2D eigenvalue weighted by Gasteiger charge is 2.33. The van der Waals surface area contributed by atoms with Gasteiger partial charge in [-0.2, -0.15) is 0 Å². The zero-order valence-corrected chi connectivity index (χ0v) is 26.6. The van der Waals surface area contributed by atoms with E-state index in [-0.39, 0.29) is 43.7 Å². The average Bonchev–Trinajstić information content (AvgIpc) is 3.38. The number of benzene rings is 2. The number of amides is 3. The average molecular weight is 643 g/mol. The number of fused-ring (bicyclic) bond motifs is 3. The molecule has 0 heterocycles. The number of aliphatic hydroxyl groups excluding tert-OH is 1. The standard InChI is InChI=1S/C34H47N3O9/c1-43-17-7-20-45-21-15-36-31(40)11-5-12-32(41)37-24-13-14-26-28(22-24)29(23-46-34(35)42)25-8-4-9-27(33(25)26)30(39)10-6-19-44-18-3-2-16-38/h4,8-9,13-14,22,29,38H,2-3,5-7,10-12,15-21,23H2,1H3,(H2,35,42)(H,36,40)(H,37,41)/i/hD. The van der Waals surface area contributed by atoms with Crippen molar-refractivity contribution in [2.45, 2.75) is 57.3 Å². The van der Waals surface area contributed by atoms with Gasteiger partial charge in [-0.1, -0.05) is 24.3 Å². The van der Waals surface area contributed by atoms with E-state index in [9.17, 15) is 19.2 Å². The van der Waals surface area contributed by atoms with Crippen molar-refractivity contribution in [3.05, 3.63) is 53.1 Å². The van der Waals surface area contributed by atoms with Crippen LogP contribution in [0.4, 0.5) is 10.5 Å². The highest BCUT2D eigenvalue weighted by Crippen LogP contribution is 2.47. The second-order valence-electron chi connectivity index (χ2n) is 11.0. The number of unbranched alkanes of at least 4 members (excludes halogenated alkanes) is 1. The summed E-state index contributed by atoms with van der Waals surface area (Å²) in [5, 5.41) is 14.6. The molecule has 2 aromatic rings. The minimum atomic E-state index is -0.894. The Balaban J connectivity index is 1.61. The number of hydrogen-bond donors (Lipinski definition) is 4. The lowest BCUT2D eigenvalue weighted by Gasteiger charge is -2.14. The Labute approximate surface area is 271 Å². The van der Waals surface area contributed by atoms with Crippen LogP contribution in [0.5, 0.6) is 0 Å². The topological polar surface area (TPSA) is 176 Å². The second-order valence-corrected chi connectivity index (χ2v) is 11.0. The van der Waals surface area contributed by atoms with Crippen LogP contribution in [0, 0.1) is 0 Å². The van der Waals surface area contributed by atoms with Gasteiger partial charge in [-0.05, 0) is 66.5 Å². The summed E-state index contributed by atoms with van der Waals surface area (Å²) in [6, 6.07) is 10.9. The molecule has 0 aromatic heterocycles. The molecule has 5 N–H and O–H groups in total. The van der Waals surface area contributed by atoms with E-state index in [0.717, 1.165) is 35.1 Å². The number of ether oxygens (including phenoxy) is 4. The fourth-order valence-corrected chi connectivity index (χ4v) is 5.33. The fraction of sp³-hybridized carbons (Fsp3) is 0.529. The molecule has 252 valence electrons. The lowest BCUT2D eigenvalue weighted by atomic mass is 9.93. The number of rotatable bonds is 23. The van der Waals surface area contributed by atoms with Crippen LogP contribution in [0.3, 0.4) is 0 Å². The first-order chi connectivity index (χ1) is 22.9. The number of Topliss-reactive ketones (excluding diaryl/α,β-unsaturated/α-hetero) is 1. The fourth-order valence-electron chi connectivity index (χ4n) is 5.33. The van der Waals surface area contributed by atoms with Crippen molar-refractivity contribution in [2.24, 2.45) is 5.73 Å². The van der Waals surface area contributed by atoms with E-state index in [1.165, 1.54) is 0 Å². The van der Waals surface area contributed by atoms with Gasteiger partial charge in [0.2, 0.25) is 11.8 Å². The Kier molecular flexibility index (Phi) is 15.5. The highest BCUT2D eigenvalue weighted by atomic mass is 16.5. The number of carbonyl (C=O) groups excluding carboxylic acids is 4. The minimum absolute atomic E-state index is 0.0340. The zero-order chi connectivity index (χ0) is 33.9. The maximum Gasteiger partial charge on any atom is 0.404 e. The van der Waals surface area contributed by atoms with E-state index in [0.29, 0.717) is 76.5 Å². The van der Waals surface area contributed by atoms with Crippen LogP contribution in [-0.2, 0) is 28.5 Å². The quantitative estimate of drug-likeness (QED) is 0.103. The summed E-state index contributed by atoms with van der Waals surface area (Å²) >= 11 is 0. The largest absolute Gasteiger partial charge is 0.449 e. The molecule has 1 aliphatic rings. The van der Waals surface area contributed by atoms with E-state index in [1.807, 2.05) is 18.2 Å². The van der Waals surface area contributed by atoms with Gasteiger partial charge in [0, 0.05) is 83.1 Å². The minimum Gasteiger partial charge on any atom is -0.449 e. The molecule has 12 heteroatoms. The van der Waals surface area contributed by atoms with E-state index in [4.69, 9.17) is 25.5 Å². The smallest absolute Gasteiger partial charge is 0.404 e. The summed E-state index contributed by atoms with van der Waals surface area (Å²) < 4.78 is 28.3. The molecule has 0 bridgehead atoms. The molecule has 1 aliphatic carbocycles. The summed E-state index contributed by atoms with van der Waals surface area (Å²) in [4.78, 5) is 50.0. The maximum atomic E-state index is 13.3. The predicted molar refractivity (Wildman–Crippen MR) is 173 cm³/mol. The van der Waals surface area contributed by atoms with Gasteiger partial charge in [0.25, 0.3) is 0 Å². The number of methoxy groups -OCH3 is 1. The molecule has 3 amide bonds. The zero-order valence-electron chi connectivity index (χ0n) is 27.6. The van der Waals surface area contributed by atoms with Crippen molar-refractivity contribution < 1.29 is 44.6 Å². The molecule has 0 aliphatic heterocycles. The molecule has 3 rings (SSSR count). The summed E-state index contributed by atoms with van der Waals surface area (Å²) in [6.07, 6.45) is 2.93. The van der Waals surface area contributed by atoms with Crippen molar-refractivity contribution in [1.29, 1.82) is 0 Å². The van der Waals surface area contributed by atoms with Gasteiger partial charge in [-0.3, -0.25) is 14.4 Å². The normalized spacial score (nSPS) is 13.3. The van der Waals surface area contributed by atoms with Crippen molar-refractivity contribution in [1.82, 2.24) is 5.32 Å². The Morgan fingerprint density at radius 1 is 0.870 bits per heavy atom. The Morgan fingerprint density at radius 2 is 1.65 bits per heavy atom. The molecule has 0 fully saturated rings. The van der Waals surface area contributed by atoms with Crippen molar-refractivity contribution >= 4 is 29.4 Å². The van der Waals surface area contributed by atoms with Crippen molar-refractivity contribution in [3.63, 3.8) is 0 Å². The van der Waals surface area contributed by atoms with E-state index in [1.54, 1.807) is 31.0 Å².